The fourth-order valence-electron chi connectivity index (χ4n) is 1.98. The molecule has 1 aromatic carbocycles. The van der Waals surface area contributed by atoms with Crippen LogP contribution in [0.3, 0.4) is 0 Å². The Hall–Kier alpha value is -3.10. The van der Waals surface area contributed by atoms with E-state index >= 15 is 0 Å². The predicted molar refractivity (Wildman–Crippen MR) is 77.9 cm³/mol. The Morgan fingerprint density at radius 2 is 2.18 bits per heavy atom. The number of aromatic nitrogens is 2. The molecule has 1 aromatic heterocycles. The average Bonchev–Trinajstić information content (AvgIpc) is 2.52. The number of nitrogen functional groups attached to an aromatic ring is 1. The number of nitrogens with two attached hydrogens (primary N) is 1. The number of benzene rings is 1. The number of ether oxygens (including phenoxy) is 2. The van der Waals surface area contributed by atoms with Gasteiger partial charge in [-0.15, -0.1) is 0 Å². The minimum atomic E-state index is -0.631. The number of rotatable bonds is 4. The molecule has 3 N–H and O–H groups in total. The van der Waals surface area contributed by atoms with Crippen LogP contribution in [0.5, 0.6) is 11.5 Å². The van der Waals surface area contributed by atoms with Gasteiger partial charge in [-0.2, -0.15) is 4.98 Å². The molecule has 0 spiro atoms. The number of fused-ring (bicyclic) bond motifs is 1. The van der Waals surface area contributed by atoms with Gasteiger partial charge in [-0.1, -0.05) is 12.1 Å². The standard InChI is InChI=1S/C13H13N5O4/c14-12-9(18(19)20)6-16-13(17-12)15-5-8-7-21-10-3-1-2-4-11(10)22-8/h1-4,6,8H,5,7H2,(H3,14,15,16,17)/t8-/m1/s1. The van der Waals surface area contributed by atoms with E-state index in [2.05, 4.69) is 15.3 Å². The number of nitrogens with one attached hydrogen (secondary N) is 1. The van der Waals surface area contributed by atoms with Gasteiger partial charge in [0.05, 0.1) is 11.5 Å². The van der Waals surface area contributed by atoms with E-state index in [0.29, 0.717) is 24.7 Å². The minimum absolute atomic E-state index is 0.186. The topological polar surface area (TPSA) is 125 Å². The van der Waals surface area contributed by atoms with Crippen molar-refractivity contribution in [2.24, 2.45) is 0 Å². The molecule has 2 heterocycles. The molecular formula is C13H13N5O4. The maximum absolute atomic E-state index is 10.6. The highest BCUT2D eigenvalue weighted by molar-refractivity contribution is 5.53. The first kappa shape index (κ1) is 13.9. The molecule has 0 aliphatic carbocycles. The van der Waals surface area contributed by atoms with Crippen LogP contribution in [0.1, 0.15) is 0 Å². The highest BCUT2D eigenvalue weighted by atomic mass is 16.6. The van der Waals surface area contributed by atoms with Crippen molar-refractivity contribution in [1.82, 2.24) is 9.97 Å². The fraction of sp³-hybridized carbons (Fsp3) is 0.231. The van der Waals surface area contributed by atoms with Crippen molar-refractivity contribution in [2.75, 3.05) is 24.2 Å². The summed E-state index contributed by atoms with van der Waals surface area (Å²) < 4.78 is 11.3. The summed E-state index contributed by atoms with van der Waals surface area (Å²) in [5.74, 6) is 1.39. The second-order valence-electron chi connectivity index (χ2n) is 4.60. The van der Waals surface area contributed by atoms with Crippen molar-refractivity contribution in [3.8, 4) is 11.5 Å². The number of para-hydroxylation sites is 2. The number of hydrogen-bond acceptors (Lipinski definition) is 8. The summed E-state index contributed by atoms with van der Waals surface area (Å²) in [6.45, 7) is 0.762. The van der Waals surface area contributed by atoms with Gasteiger partial charge in [0.1, 0.15) is 18.9 Å². The zero-order valence-electron chi connectivity index (χ0n) is 11.4. The summed E-state index contributed by atoms with van der Waals surface area (Å²) in [5.41, 5.74) is 5.18. The largest absolute Gasteiger partial charge is 0.486 e. The van der Waals surface area contributed by atoms with Gasteiger partial charge in [0.2, 0.25) is 11.8 Å². The first-order chi connectivity index (χ1) is 10.6. The SMILES string of the molecule is Nc1nc(NC[C@@H]2COc3ccccc3O2)ncc1[N+](=O)[O-]. The first-order valence-electron chi connectivity index (χ1n) is 6.53. The van der Waals surface area contributed by atoms with Gasteiger partial charge in [0.25, 0.3) is 0 Å². The van der Waals surface area contributed by atoms with E-state index in [1.54, 1.807) is 0 Å². The van der Waals surface area contributed by atoms with E-state index in [1.807, 2.05) is 24.3 Å². The van der Waals surface area contributed by atoms with Crippen molar-refractivity contribution < 1.29 is 14.4 Å². The van der Waals surface area contributed by atoms with E-state index in [1.165, 1.54) is 0 Å². The van der Waals surface area contributed by atoms with Crippen LogP contribution in [-0.4, -0.2) is 34.1 Å². The Bertz CT molecular complexity index is 709. The van der Waals surface area contributed by atoms with E-state index < -0.39 is 4.92 Å². The van der Waals surface area contributed by atoms with Crippen LogP contribution in [-0.2, 0) is 0 Å². The molecule has 0 saturated carbocycles. The summed E-state index contributed by atoms with van der Waals surface area (Å²) >= 11 is 0. The second-order valence-corrected chi connectivity index (χ2v) is 4.60. The van der Waals surface area contributed by atoms with Crippen LogP contribution in [0, 0.1) is 10.1 Å². The molecule has 0 amide bonds. The van der Waals surface area contributed by atoms with Gasteiger partial charge >= 0.3 is 5.69 Å². The normalized spacial score (nSPS) is 16.1. The molecule has 0 unspecified atom stereocenters. The van der Waals surface area contributed by atoms with Gasteiger partial charge in [-0.25, -0.2) is 4.98 Å². The second kappa shape index (κ2) is 5.72. The molecule has 9 heteroatoms. The Labute approximate surface area is 125 Å². The summed E-state index contributed by atoms with van der Waals surface area (Å²) in [4.78, 5) is 17.7. The van der Waals surface area contributed by atoms with E-state index in [4.69, 9.17) is 15.2 Å². The lowest BCUT2D eigenvalue weighted by Gasteiger charge is -2.26. The van der Waals surface area contributed by atoms with Crippen LogP contribution < -0.4 is 20.5 Å². The van der Waals surface area contributed by atoms with Crippen LogP contribution in [0.25, 0.3) is 0 Å². The highest BCUT2D eigenvalue weighted by Gasteiger charge is 2.21. The van der Waals surface area contributed by atoms with Crippen molar-refractivity contribution in [3.05, 3.63) is 40.6 Å². The van der Waals surface area contributed by atoms with E-state index in [-0.39, 0.29) is 23.6 Å². The minimum Gasteiger partial charge on any atom is -0.486 e. The summed E-state index contributed by atoms with van der Waals surface area (Å²) in [6, 6.07) is 7.38. The lowest BCUT2D eigenvalue weighted by molar-refractivity contribution is -0.384. The van der Waals surface area contributed by atoms with Crippen molar-refractivity contribution in [1.29, 1.82) is 0 Å². The maximum atomic E-state index is 10.6. The van der Waals surface area contributed by atoms with Crippen molar-refractivity contribution in [3.63, 3.8) is 0 Å². The van der Waals surface area contributed by atoms with Gasteiger partial charge in [-0.3, -0.25) is 10.1 Å². The Morgan fingerprint density at radius 1 is 1.41 bits per heavy atom. The lowest BCUT2D eigenvalue weighted by Crippen LogP contribution is -2.35. The van der Waals surface area contributed by atoms with Gasteiger partial charge in [0, 0.05) is 0 Å². The third kappa shape index (κ3) is 2.82. The fourth-order valence-corrected chi connectivity index (χ4v) is 1.98. The molecule has 2 aromatic rings. The molecule has 0 fully saturated rings. The summed E-state index contributed by atoms with van der Waals surface area (Å²) in [6.07, 6.45) is 0.841. The molecule has 9 nitrogen and oxygen atoms in total. The summed E-state index contributed by atoms with van der Waals surface area (Å²) in [7, 11) is 0. The number of nitro groups is 1. The van der Waals surface area contributed by atoms with Crippen LogP contribution in [0.2, 0.25) is 0 Å². The molecular weight excluding hydrogens is 290 g/mol. The quantitative estimate of drug-likeness (QED) is 0.637. The van der Waals surface area contributed by atoms with Gasteiger partial charge in [-0.05, 0) is 12.1 Å². The smallest absolute Gasteiger partial charge is 0.329 e. The molecule has 0 radical (unpaired) electrons. The number of hydrogen-bond donors (Lipinski definition) is 2. The molecule has 22 heavy (non-hydrogen) atoms. The maximum Gasteiger partial charge on any atom is 0.329 e. The zero-order chi connectivity index (χ0) is 15.5. The van der Waals surface area contributed by atoms with Crippen molar-refractivity contribution >= 4 is 17.5 Å². The monoisotopic (exact) mass is 303 g/mol. The molecule has 3 rings (SSSR count). The summed E-state index contributed by atoms with van der Waals surface area (Å²) in [5, 5.41) is 13.6. The number of nitrogens with zero attached hydrogens (tertiary/aromatic N) is 3. The van der Waals surface area contributed by atoms with Gasteiger partial charge in [0.15, 0.2) is 11.5 Å². The Kier molecular flexibility index (Phi) is 3.60. The Balaban J connectivity index is 1.62. The lowest BCUT2D eigenvalue weighted by atomic mass is 10.2. The zero-order valence-corrected chi connectivity index (χ0v) is 11.4. The van der Waals surface area contributed by atoms with E-state index in [0.717, 1.165) is 6.20 Å². The molecule has 1 aliphatic rings. The third-order valence-corrected chi connectivity index (χ3v) is 3.05. The van der Waals surface area contributed by atoms with Crippen molar-refractivity contribution in [2.45, 2.75) is 6.10 Å². The van der Waals surface area contributed by atoms with Crippen LogP contribution in [0.15, 0.2) is 30.5 Å². The molecule has 0 bridgehead atoms. The molecule has 1 atom stereocenters. The predicted octanol–water partition coefficient (Wildman–Crippen LogP) is 1.22. The Morgan fingerprint density at radius 3 is 2.91 bits per heavy atom. The van der Waals surface area contributed by atoms with Crippen LogP contribution in [0.4, 0.5) is 17.5 Å². The van der Waals surface area contributed by atoms with Crippen LogP contribution >= 0.6 is 0 Å². The van der Waals surface area contributed by atoms with E-state index in [9.17, 15) is 10.1 Å². The number of anilines is 2. The third-order valence-electron chi connectivity index (χ3n) is 3.05. The average molecular weight is 303 g/mol. The molecule has 114 valence electrons. The molecule has 1 aliphatic heterocycles. The van der Waals surface area contributed by atoms with Gasteiger partial charge < -0.3 is 20.5 Å². The first-order valence-corrected chi connectivity index (χ1v) is 6.53. The molecule has 0 saturated heterocycles. The highest BCUT2D eigenvalue weighted by Crippen LogP contribution is 2.30.